The minimum absolute atomic E-state index is 0.00793. The summed E-state index contributed by atoms with van der Waals surface area (Å²) in [5.41, 5.74) is 6.98. The highest BCUT2D eigenvalue weighted by Gasteiger charge is 2.34. The van der Waals surface area contributed by atoms with Gasteiger partial charge in [0.25, 0.3) is 0 Å². The summed E-state index contributed by atoms with van der Waals surface area (Å²) < 4.78 is 6.73. The van der Waals surface area contributed by atoms with Gasteiger partial charge in [-0.25, -0.2) is 0 Å². The number of likely N-dealkylation sites (tertiary alicyclic amines) is 1. The first-order chi connectivity index (χ1) is 10.7. The Balaban J connectivity index is 1.56. The molecule has 5 heteroatoms. The highest BCUT2D eigenvalue weighted by Crippen LogP contribution is 2.33. The standard InChI is InChI=1S/C17H23BrN2O2/c18-16-4-2-1-3-15(16)12-5-7-20(8-6-12)17(21)13-9-14(10-19)22-11-13/h1-4,12-14H,5-11,19H2. The minimum Gasteiger partial charge on any atom is -0.376 e. The molecule has 1 aromatic rings. The maximum Gasteiger partial charge on any atom is 0.228 e. The summed E-state index contributed by atoms with van der Waals surface area (Å²) >= 11 is 3.64. The van der Waals surface area contributed by atoms with Crippen LogP contribution in [0.15, 0.2) is 28.7 Å². The summed E-state index contributed by atoms with van der Waals surface area (Å²) in [7, 11) is 0. The van der Waals surface area contributed by atoms with Crippen molar-refractivity contribution in [2.75, 3.05) is 26.2 Å². The molecule has 0 saturated carbocycles. The van der Waals surface area contributed by atoms with E-state index in [0.29, 0.717) is 19.1 Å². The summed E-state index contributed by atoms with van der Waals surface area (Å²) in [6.07, 6.45) is 2.90. The van der Waals surface area contributed by atoms with Crippen LogP contribution < -0.4 is 5.73 Å². The lowest BCUT2D eigenvalue weighted by Gasteiger charge is -2.34. The number of amides is 1. The van der Waals surface area contributed by atoms with E-state index in [0.717, 1.165) is 32.4 Å². The van der Waals surface area contributed by atoms with Gasteiger partial charge in [0.15, 0.2) is 0 Å². The van der Waals surface area contributed by atoms with Crippen LogP contribution >= 0.6 is 15.9 Å². The summed E-state index contributed by atoms with van der Waals surface area (Å²) in [6, 6.07) is 8.40. The summed E-state index contributed by atoms with van der Waals surface area (Å²) in [6.45, 7) is 2.72. The van der Waals surface area contributed by atoms with Crippen LogP contribution in [-0.4, -0.2) is 43.2 Å². The molecule has 2 saturated heterocycles. The first-order valence-electron chi connectivity index (χ1n) is 8.04. The zero-order valence-electron chi connectivity index (χ0n) is 12.7. The third-order valence-corrected chi connectivity index (χ3v) is 5.57. The number of ether oxygens (including phenoxy) is 1. The molecule has 2 unspecified atom stereocenters. The first kappa shape index (κ1) is 16.0. The number of nitrogens with two attached hydrogens (primary N) is 1. The van der Waals surface area contributed by atoms with Gasteiger partial charge in [0.1, 0.15) is 0 Å². The third kappa shape index (κ3) is 3.36. The number of halogens is 1. The van der Waals surface area contributed by atoms with Crippen LogP contribution in [0.3, 0.4) is 0 Å². The molecule has 2 N–H and O–H groups in total. The molecule has 0 aliphatic carbocycles. The van der Waals surface area contributed by atoms with Gasteiger partial charge in [-0.2, -0.15) is 0 Å². The number of benzene rings is 1. The Morgan fingerprint density at radius 2 is 2.05 bits per heavy atom. The van der Waals surface area contributed by atoms with E-state index in [9.17, 15) is 4.79 Å². The molecule has 0 aromatic heterocycles. The summed E-state index contributed by atoms with van der Waals surface area (Å²) in [5, 5.41) is 0. The van der Waals surface area contributed by atoms with Crippen molar-refractivity contribution in [3.63, 3.8) is 0 Å². The molecule has 2 heterocycles. The molecule has 2 aliphatic heterocycles. The lowest BCUT2D eigenvalue weighted by Crippen LogP contribution is -2.41. The number of hydrogen-bond donors (Lipinski definition) is 1. The number of rotatable bonds is 3. The molecular weight excluding hydrogens is 344 g/mol. The van der Waals surface area contributed by atoms with E-state index in [1.54, 1.807) is 0 Å². The SMILES string of the molecule is NCC1CC(C(=O)N2CCC(c3ccccc3Br)CC2)CO1. The Kier molecular flexibility index (Phi) is 5.16. The van der Waals surface area contributed by atoms with E-state index < -0.39 is 0 Å². The number of carbonyl (C=O) groups is 1. The van der Waals surface area contributed by atoms with E-state index in [1.807, 2.05) is 11.0 Å². The van der Waals surface area contributed by atoms with Crippen LogP contribution in [0, 0.1) is 5.92 Å². The Bertz CT molecular complexity index is 529. The Morgan fingerprint density at radius 1 is 1.32 bits per heavy atom. The van der Waals surface area contributed by atoms with Crippen molar-refractivity contribution < 1.29 is 9.53 Å². The van der Waals surface area contributed by atoms with Crippen LogP contribution in [0.1, 0.15) is 30.7 Å². The summed E-state index contributed by atoms with van der Waals surface area (Å²) in [5.74, 6) is 0.798. The molecule has 0 bridgehead atoms. The highest BCUT2D eigenvalue weighted by molar-refractivity contribution is 9.10. The minimum atomic E-state index is 0.00793. The average Bonchev–Trinajstić information content (AvgIpc) is 3.04. The van der Waals surface area contributed by atoms with Crippen LogP contribution in [0.4, 0.5) is 0 Å². The van der Waals surface area contributed by atoms with Gasteiger partial charge in [-0.1, -0.05) is 34.1 Å². The average molecular weight is 367 g/mol. The lowest BCUT2D eigenvalue weighted by molar-refractivity contribution is -0.136. The van der Waals surface area contributed by atoms with Gasteiger partial charge in [-0.15, -0.1) is 0 Å². The monoisotopic (exact) mass is 366 g/mol. The van der Waals surface area contributed by atoms with E-state index in [-0.39, 0.29) is 17.9 Å². The van der Waals surface area contributed by atoms with Gasteiger partial charge in [-0.3, -0.25) is 4.79 Å². The van der Waals surface area contributed by atoms with E-state index >= 15 is 0 Å². The van der Waals surface area contributed by atoms with Crippen molar-refractivity contribution >= 4 is 21.8 Å². The van der Waals surface area contributed by atoms with Crippen molar-refractivity contribution in [1.29, 1.82) is 0 Å². The van der Waals surface area contributed by atoms with E-state index in [2.05, 4.69) is 34.1 Å². The topological polar surface area (TPSA) is 55.6 Å². The molecule has 0 radical (unpaired) electrons. The molecule has 120 valence electrons. The molecule has 22 heavy (non-hydrogen) atoms. The molecule has 2 aliphatic rings. The molecule has 1 amide bonds. The van der Waals surface area contributed by atoms with E-state index in [4.69, 9.17) is 10.5 Å². The maximum absolute atomic E-state index is 12.6. The number of carbonyl (C=O) groups excluding carboxylic acids is 1. The molecular formula is C17H23BrN2O2. The number of nitrogens with zero attached hydrogens (tertiary/aromatic N) is 1. The van der Waals surface area contributed by atoms with Crippen molar-refractivity contribution in [2.45, 2.75) is 31.3 Å². The second-order valence-corrected chi connectivity index (χ2v) is 7.10. The fourth-order valence-electron chi connectivity index (χ4n) is 3.52. The first-order valence-corrected chi connectivity index (χ1v) is 8.83. The fraction of sp³-hybridized carbons (Fsp3) is 0.588. The second-order valence-electron chi connectivity index (χ2n) is 6.24. The fourth-order valence-corrected chi connectivity index (χ4v) is 4.13. The van der Waals surface area contributed by atoms with Gasteiger partial charge in [0.05, 0.1) is 18.6 Å². The van der Waals surface area contributed by atoms with Crippen LogP contribution in [0.5, 0.6) is 0 Å². The molecule has 0 spiro atoms. The predicted octanol–water partition coefficient (Wildman–Crippen LogP) is 2.52. The number of hydrogen-bond acceptors (Lipinski definition) is 3. The van der Waals surface area contributed by atoms with Crippen molar-refractivity contribution in [2.24, 2.45) is 11.7 Å². The largest absolute Gasteiger partial charge is 0.376 e. The summed E-state index contributed by atoms with van der Waals surface area (Å²) in [4.78, 5) is 14.6. The van der Waals surface area contributed by atoms with Crippen molar-refractivity contribution in [3.05, 3.63) is 34.3 Å². The Labute approximate surface area is 140 Å². The molecule has 2 fully saturated rings. The second kappa shape index (κ2) is 7.11. The normalized spacial score (nSPS) is 26.4. The predicted molar refractivity (Wildman–Crippen MR) is 89.6 cm³/mol. The van der Waals surface area contributed by atoms with Gasteiger partial charge < -0.3 is 15.4 Å². The Morgan fingerprint density at radius 3 is 2.68 bits per heavy atom. The molecule has 4 nitrogen and oxygen atoms in total. The zero-order chi connectivity index (χ0) is 15.5. The van der Waals surface area contributed by atoms with Gasteiger partial charge in [-0.05, 0) is 36.8 Å². The zero-order valence-corrected chi connectivity index (χ0v) is 14.3. The van der Waals surface area contributed by atoms with E-state index in [1.165, 1.54) is 10.0 Å². The molecule has 2 atom stereocenters. The lowest BCUT2D eigenvalue weighted by atomic mass is 9.89. The maximum atomic E-state index is 12.6. The van der Waals surface area contributed by atoms with Crippen LogP contribution in [-0.2, 0) is 9.53 Å². The third-order valence-electron chi connectivity index (χ3n) is 4.84. The highest BCUT2D eigenvalue weighted by atomic mass is 79.9. The molecule has 1 aromatic carbocycles. The Hall–Kier alpha value is -0.910. The van der Waals surface area contributed by atoms with Crippen molar-refractivity contribution in [1.82, 2.24) is 4.90 Å². The number of piperidine rings is 1. The van der Waals surface area contributed by atoms with Gasteiger partial charge in [0.2, 0.25) is 5.91 Å². The van der Waals surface area contributed by atoms with Crippen molar-refractivity contribution in [3.8, 4) is 0 Å². The smallest absolute Gasteiger partial charge is 0.228 e. The van der Waals surface area contributed by atoms with Crippen LogP contribution in [0.2, 0.25) is 0 Å². The van der Waals surface area contributed by atoms with Gasteiger partial charge in [0, 0.05) is 24.1 Å². The molecule has 3 rings (SSSR count). The quantitative estimate of drug-likeness (QED) is 0.893. The van der Waals surface area contributed by atoms with Crippen LogP contribution in [0.25, 0.3) is 0 Å². The van der Waals surface area contributed by atoms with Gasteiger partial charge >= 0.3 is 0 Å².